The summed E-state index contributed by atoms with van der Waals surface area (Å²) in [5.74, 6) is -0.0460. The Labute approximate surface area is 115 Å². The number of nitrogens with one attached hydrogen (secondary N) is 1. The number of benzene rings is 1. The van der Waals surface area contributed by atoms with Gasteiger partial charge >= 0.3 is 0 Å². The fourth-order valence-corrected chi connectivity index (χ4v) is 1.87. The Morgan fingerprint density at radius 2 is 2.24 bits per heavy atom. The Balaban J connectivity index is 2.78. The summed E-state index contributed by atoms with van der Waals surface area (Å²) < 4.78 is 0.673. The summed E-state index contributed by atoms with van der Waals surface area (Å²) in [5, 5.41) is 3.33. The number of carbonyl (C=O) groups is 1. The Morgan fingerprint density at radius 1 is 1.59 bits per heavy atom. The van der Waals surface area contributed by atoms with Crippen LogP contribution in [0.5, 0.6) is 0 Å². The minimum Gasteiger partial charge on any atom is -0.324 e. The van der Waals surface area contributed by atoms with Crippen molar-refractivity contribution in [2.45, 2.75) is 26.3 Å². The standard InChI is InChI=1S/C12H16BrClN2O/c1-3-7(2)11(15)12(17)16-9-6-4-5-8(14)10(9)13/h4-7,11H,3,15H2,1-2H3,(H,16,17)/t7?,11-/m0/s1. The molecule has 1 aromatic carbocycles. The molecule has 0 saturated carbocycles. The first-order chi connectivity index (χ1) is 7.97. The molecule has 0 saturated heterocycles. The molecule has 1 aromatic rings. The van der Waals surface area contributed by atoms with E-state index in [1.54, 1.807) is 18.2 Å². The largest absolute Gasteiger partial charge is 0.324 e. The molecule has 0 fully saturated rings. The first-order valence-corrected chi connectivity index (χ1v) is 6.65. The second-order valence-corrected chi connectivity index (χ2v) is 5.20. The molecule has 0 bridgehead atoms. The highest BCUT2D eigenvalue weighted by Gasteiger charge is 2.20. The predicted molar refractivity (Wildman–Crippen MR) is 75.2 cm³/mol. The van der Waals surface area contributed by atoms with Crippen LogP contribution < -0.4 is 11.1 Å². The van der Waals surface area contributed by atoms with E-state index in [0.717, 1.165) is 6.42 Å². The van der Waals surface area contributed by atoms with E-state index in [1.807, 2.05) is 13.8 Å². The average Bonchev–Trinajstić information content (AvgIpc) is 2.32. The van der Waals surface area contributed by atoms with E-state index in [0.29, 0.717) is 15.2 Å². The third kappa shape index (κ3) is 3.69. The number of nitrogens with two attached hydrogens (primary N) is 1. The van der Waals surface area contributed by atoms with Gasteiger partial charge in [-0.15, -0.1) is 0 Å². The third-order valence-electron chi connectivity index (χ3n) is 2.77. The van der Waals surface area contributed by atoms with Gasteiger partial charge < -0.3 is 11.1 Å². The molecule has 1 amide bonds. The molecule has 1 rings (SSSR count). The topological polar surface area (TPSA) is 55.1 Å². The van der Waals surface area contributed by atoms with Crippen LogP contribution in [-0.2, 0) is 4.79 Å². The molecule has 0 heterocycles. The van der Waals surface area contributed by atoms with Crippen molar-refractivity contribution in [2.24, 2.45) is 11.7 Å². The second-order valence-electron chi connectivity index (χ2n) is 4.00. The summed E-state index contributed by atoms with van der Waals surface area (Å²) in [5.41, 5.74) is 6.49. The van der Waals surface area contributed by atoms with Crippen LogP contribution in [0.2, 0.25) is 5.02 Å². The normalized spacial score (nSPS) is 14.2. The zero-order valence-electron chi connectivity index (χ0n) is 9.84. The molecular formula is C12H16BrClN2O. The van der Waals surface area contributed by atoms with Gasteiger partial charge in [-0.25, -0.2) is 0 Å². The van der Waals surface area contributed by atoms with Gasteiger partial charge in [-0.3, -0.25) is 4.79 Å². The summed E-state index contributed by atoms with van der Waals surface area (Å²) >= 11 is 9.26. The molecular weight excluding hydrogens is 304 g/mol. The molecule has 0 radical (unpaired) electrons. The highest BCUT2D eigenvalue weighted by atomic mass is 79.9. The highest BCUT2D eigenvalue weighted by Crippen LogP contribution is 2.30. The van der Waals surface area contributed by atoms with Gasteiger partial charge in [-0.1, -0.05) is 37.9 Å². The highest BCUT2D eigenvalue weighted by molar-refractivity contribution is 9.10. The van der Waals surface area contributed by atoms with E-state index in [9.17, 15) is 4.79 Å². The van der Waals surface area contributed by atoms with Gasteiger partial charge in [0.2, 0.25) is 5.91 Å². The molecule has 3 nitrogen and oxygen atoms in total. The number of rotatable bonds is 4. The molecule has 3 N–H and O–H groups in total. The van der Waals surface area contributed by atoms with E-state index >= 15 is 0 Å². The molecule has 17 heavy (non-hydrogen) atoms. The van der Waals surface area contributed by atoms with Crippen LogP contribution in [0.3, 0.4) is 0 Å². The first kappa shape index (κ1) is 14.5. The molecule has 0 aliphatic carbocycles. The molecule has 5 heteroatoms. The van der Waals surface area contributed by atoms with Gasteiger partial charge in [0.1, 0.15) is 0 Å². The van der Waals surface area contributed by atoms with Gasteiger partial charge in [0.25, 0.3) is 0 Å². The van der Waals surface area contributed by atoms with Crippen LogP contribution in [-0.4, -0.2) is 11.9 Å². The zero-order chi connectivity index (χ0) is 13.0. The van der Waals surface area contributed by atoms with Crippen LogP contribution in [0.25, 0.3) is 0 Å². The Hall–Kier alpha value is -0.580. The van der Waals surface area contributed by atoms with Gasteiger partial charge in [0, 0.05) is 0 Å². The minimum atomic E-state index is -0.508. The van der Waals surface area contributed by atoms with Crippen molar-refractivity contribution in [2.75, 3.05) is 5.32 Å². The Bertz CT molecular complexity index is 411. The van der Waals surface area contributed by atoms with Crippen LogP contribution >= 0.6 is 27.5 Å². The van der Waals surface area contributed by atoms with E-state index in [2.05, 4.69) is 21.2 Å². The maximum atomic E-state index is 11.9. The van der Waals surface area contributed by atoms with E-state index < -0.39 is 6.04 Å². The summed E-state index contributed by atoms with van der Waals surface area (Å²) in [4.78, 5) is 11.9. The van der Waals surface area contributed by atoms with Crippen molar-refractivity contribution in [3.63, 3.8) is 0 Å². The van der Waals surface area contributed by atoms with Crippen LogP contribution in [0, 0.1) is 5.92 Å². The van der Waals surface area contributed by atoms with Gasteiger partial charge in [0.05, 0.1) is 21.2 Å². The van der Waals surface area contributed by atoms with Crippen molar-refractivity contribution in [3.8, 4) is 0 Å². The number of carbonyl (C=O) groups excluding carboxylic acids is 1. The van der Waals surface area contributed by atoms with E-state index in [4.69, 9.17) is 17.3 Å². The number of anilines is 1. The quantitative estimate of drug-likeness (QED) is 0.893. The van der Waals surface area contributed by atoms with Gasteiger partial charge in [-0.05, 0) is 34.0 Å². The fourth-order valence-electron chi connectivity index (χ4n) is 1.33. The average molecular weight is 320 g/mol. The lowest BCUT2D eigenvalue weighted by Gasteiger charge is -2.18. The Kier molecular flexibility index (Phi) is 5.43. The predicted octanol–water partition coefficient (Wildman–Crippen LogP) is 3.41. The van der Waals surface area contributed by atoms with Crippen molar-refractivity contribution in [1.29, 1.82) is 0 Å². The van der Waals surface area contributed by atoms with Gasteiger partial charge in [-0.2, -0.15) is 0 Å². The molecule has 0 aliphatic heterocycles. The minimum absolute atomic E-state index is 0.146. The lowest BCUT2D eigenvalue weighted by atomic mass is 9.99. The smallest absolute Gasteiger partial charge is 0.241 e. The van der Waals surface area contributed by atoms with E-state index in [1.165, 1.54) is 0 Å². The molecule has 2 atom stereocenters. The number of hydrogen-bond donors (Lipinski definition) is 2. The summed E-state index contributed by atoms with van der Waals surface area (Å²) in [6.07, 6.45) is 0.866. The Morgan fingerprint density at radius 3 is 2.82 bits per heavy atom. The number of halogens is 2. The fraction of sp³-hybridized carbons (Fsp3) is 0.417. The van der Waals surface area contributed by atoms with Crippen molar-refractivity contribution >= 4 is 39.1 Å². The monoisotopic (exact) mass is 318 g/mol. The van der Waals surface area contributed by atoms with Crippen molar-refractivity contribution in [3.05, 3.63) is 27.7 Å². The number of hydrogen-bond acceptors (Lipinski definition) is 2. The summed E-state index contributed by atoms with van der Waals surface area (Å²) in [6, 6.07) is 4.79. The molecule has 0 aliphatic rings. The van der Waals surface area contributed by atoms with Crippen LogP contribution in [0.1, 0.15) is 20.3 Å². The molecule has 0 aromatic heterocycles. The second kappa shape index (κ2) is 6.38. The van der Waals surface area contributed by atoms with Gasteiger partial charge in [0.15, 0.2) is 0 Å². The zero-order valence-corrected chi connectivity index (χ0v) is 12.2. The number of amides is 1. The maximum absolute atomic E-state index is 11.9. The summed E-state index contributed by atoms with van der Waals surface area (Å²) in [6.45, 7) is 3.96. The van der Waals surface area contributed by atoms with Crippen LogP contribution in [0.15, 0.2) is 22.7 Å². The molecule has 0 spiro atoms. The maximum Gasteiger partial charge on any atom is 0.241 e. The van der Waals surface area contributed by atoms with E-state index in [-0.39, 0.29) is 11.8 Å². The first-order valence-electron chi connectivity index (χ1n) is 5.47. The summed E-state index contributed by atoms with van der Waals surface area (Å²) in [7, 11) is 0. The molecule has 1 unspecified atom stereocenters. The van der Waals surface area contributed by atoms with Crippen LogP contribution in [0.4, 0.5) is 5.69 Å². The third-order valence-corrected chi connectivity index (χ3v) is 4.17. The SMILES string of the molecule is CCC(C)[C@H](N)C(=O)Nc1cccc(Cl)c1Br. The molecule has 94 valence electrons. The lowest BCUT2D eigenvalue weighted by molar-refractivity contribution is -0.118. The van der Waals surface area contributed by atoms with Crippen molar-refractivity contribution in [1.82, 2.24) is 0 Å². The van der Waals surface area contributed by atoms with Crippen molar-refractivity contribution < 1.29 is 4.79 Å². The lowest BCUT2D eigenvalue weighted by Crippen LogP contribution is -2.40.